The second-order valence-corrected chi connectivity index (χ2v) is 7.17. The maximum atomic E-state index is 12.0. The Balaban J connectivity index is 2.03. The summed E-state index contributed by atoms with van der Waals surface area (Å²) in [6, 6.07) is 8.88. The van der Waals surface area contributed by atoms with Crippen LogP contribution < -0.4 is 5.32 Å². The van der Waals surface area contributed by atoms with Crippen molar-refractivity contribution >= 4 is 15.7 Å². The summed E-state index contributed by atoms with van der Waals surface area (Å²) in [6.45, 7) is 3.77. The van der Waals surface area contributed by atoms with Crippen molar-refractivity contribution in [1.29, 1.82) is 0 Å². The van der Waals surface area contributed by atoms with Gasteiger partial charge in [0.15, 0.2) is 0 Å². The summed E-state index contributed by atoms with van der Waals surface area (Å²) in [6.07, 6.45) is 4.14. The van der Waals surface area contributed by atoms with E-state index < -0.39 is 10.0 Å². The molecule has 1 N–H and O–H groups in total. The van der Waals surface area contributed by atoms with Crippen LogP contribution in [-0.4, -0.2) is 31.4 Å². The number of benzene rings is 1. The zero-order valence-electron chi connectivity index (χ0n) is 12.6. The van der Waals surface area contributed by atoms with Gasteiger partial charge in [0.25, 0.3) is 0 Å². The molecule has 0 aliphatic rings. The maximum Gasteiger partial charge on any atom is 0.242 e. The van der Waals surface area contributed by atoms with E-state index in [4.69, 9.17) is 0 Å². The van der Waals surface area contributed by atoms with Crippen LogP contribution in [0.3, 0.4) is 0 Å². The maximum absolute atomic E-state index is 12.0. The minimum Gasteiger partial charge on any atom is -0.381 e. The molecular formula is C15H21N3O2S. The summed E-state index contributed by atoms with van der Waals surface area (Å²) in [5, 5.41) is 3.28. The second kappa shape index (κ2) is 6.32. The molecule has 0 radical (unpaired) electrons. The van der Waals surface area contributed by atoms with Crippen LogP contribution >= 0.6 is 0 Å². The average molecular weight is 307 g/mol. The van der Waals surface area contributed by atoms with Gasteiger partial charge in [-0.3, -0.25) is 0 Å². The van der Waals surface area contributed by atoms with E-state index in [2.05, 4.69) is 29.1 Å². The highest BCUT2D eigenvalue weighted by molar-refractivity contribution is 7.89. The number of rotatable bonds is 6. The summed E-state index contributed by atoms with van der Waals surface area (Å²) in [7, 11) is -0.303. The van der Waals surface area contributed by atoms with Gasteiger partial charge in [-0.15, -0.1) is 0 Å². The molecule has 0 saturated heterocycles. The number of anilines is 1. The van der Waals surface area contributed by atoms with Crippen molar-refractivity contribution in [3.63, 3.8) is 0 Å². The van der Waals surface area contributed by atoms with Crippen LogP contribution in [0.4, 0.5) is 5.69 Å². The Morgan fingerprint density at radius 3 is 2.33 bits per heavy atom. The Hall–Kier alpha value is -1.79. The average Bonchev–Trinajstić information content (AvgIpc) is 2.93. The monoisotopic (exact) mass is 307 g/mol. The van der Waals surface area contributed by atoms with Gasteiger partial charge >= 0.3 is 0 Å². The van der Waals surface area contributed by atoms with Gasteiger partial charge in [0.1, 0.15) is 0 Å². The van der Waals surface area contributed by atoms with Gasteiger partial charge in [0, 0.05) is 45.3 Å². The van der Waals surface area contributed by atoms with Gasteiger partial charge in [-0.25, -0.2) is 12.7 Å². The van der Waals surface area contributed by atoms with E-state index >= 15 is 0 Å². The van der Waals surface area contributed by atoms with Gasteiger partial charge in [-0.2, -0.15) is 0 Å². The Morgan fingerprint density at radius 1 is 1.14 bits per heavy atom. The first-order valence-electron chi connectivity index (χ1n) is 6.84. The largest absolute Gasteiger partial charge is 0.381 e. The van der Waals surface area contributed by atoms with Crippen molar-refractivity contribution in [2.24, 2.45) is 0 Å². The first-order valence-corrected chi connectivity index (χ1v) is 8.28. The van der Waals surface area contributed by atoms with Crippen LogP contribution in [-0.2, 0) is 23.1 Å². The Morgan fingerprint density at radius 2 is 1.81 bits per heavy atom. The fraction of sp³-hybridized carbons (Fsp3) is 0.333. The number of hydrogen-bond acceptors (Lipinski definition) is 3. The molecule has 0 spiro atoms. The molecule has 6 heteroatoms. The van der Waals surface area contributed by atoms with Gasteiger partial charge in [-0.05, 0) is 42.8 Å². The van der Waals surface area contributed by atoms with Crippen LogP contribution in [0.5, 0.6) is 0 Å². The molecule has 0 atom stereocenters. The molecule has 0 amide bonds. The van der Waals surface area contributed by atoms with E-state index in [1.54, 1.807) is 24.3 Å². The van der Waals surface area contributed by atoms with E-state index in [0.29, 0.717) is 11.4 Å². The number of aromatic nitrogens is 1. The molecule has 0 fully saturated rings. The number of sulfonamides is 1. The molecule has 0 aliphatic carbocycles. The molecule has 1 heterocycles. The van der Waals surface area contributed by atoms with Crippen molar-refractivity contribution in [3.05, 3.63) is 48.3 Å². The standard InChI is InChI=1S/C15H21N3O2S/c1-4-18-10-9-13(12-18)11-16-14-5-7-15(8-6-14)21(19,20)17(2)3/h5-10,12,16H,4,11H2,1-3H3. The second-order valence-electron chi connectivity index (χ2n) is 5.02. The predicted molar refractivity (Wildman–Crippen MR) is 84.7 cm³/mol. The van der Waals surface area contributed by atoms with E-state index in [1.807, 2.05) is 6.20 Å². The lowest BCUT2D eigenvalue weighted by Gasteiger charge is -2.12. The van der Waals surface area contributed by atoms with Crippen LogP contribution in [0.15, 0.2) is 47.6 Å². The molecular weight excluding hydrogens is 286 g/mol. The predicted octanol–water partition coefficient (Wildman–Crippen LogP) is 2.37. The first kappa shape index (κ1) is 15.6. The third kappa shape index (κ3) is 3.65. The minimum absolute atomic E-state index is 0.301. The summed E-state index contributed by atoms with van der Waals surface area (Å²) in [5.74, 6) is 0. The third-order valence-corrected chi connectivity index (χ3v) is 5.14. The summed E-state index contributed by atoms with van der Waals surface area (Å²) < 4.78 is 27.2. The fourth-order valence-corrected chi connectivity index (χ4v) is 2.85. The highest BCUT2D eigenvalue weighted by Crippen LogP contribution is 2.17. The Kier molecular flexibility index (Phi) is 4.69. The molecule has 114 valence electrons. The number of nitrogens with one attached hydrogen (secondary N) is 1. The van der Waals surface area contributed by atoms with Crippen molar-refractivity contribution in [1.82, 2.24) is 8.87 Å². The normalized spacial score (nSPS) is 11.8. The number of hydrogen-bond donors (Lipinski definition) is 1. The van der Waals surface area contributed by atoms with Gasteiger partial charge in [0.05, 0.1) is 4.90 Å². The van der Waals surface area contributed by atoms with Crippen LogP contribution in [0.25, 0.3) is 0 Å². The number of nitrogens with zero attached hydrogens (tertiary/aromatic N) is 2. The molecule has 1 aromatic heterocycles. The fourth-order valence-electron chi connectivity index (χ4n) is 1.95. The van der Waals surface area contributed by atoms with E-state index in [1.165, 1.54) is 24.0 Å². The van der Waals surface area contributed by atoms with Crippen molar-refractivity contribution in [2.75, 3.05) is 19.4 Å². The molecule has 5 nitrogen and oxygen atoms in total. The van der Waals surface area contributed by atoms with Crippen LogP contribution in [0, 0.1) is 0 Å². The summed E-state index contributed by atoms with van der Waals surface area (Å²) in [4.78, 5) is 0.301. The summed E-state index contributed by atoms with van der Waals surface area (Å²) in [5.41, 5.74) is 2.10. The Bertz CT molecular complexity index is 688. The van der Waals surface area contributed by atoms with E-state index in [-0.39, 0.29) is 0 Å². The zero-order valence-corrected chi connectivity index (χ0v) is 13.4. The van der Waals surface area contributed by atoms with E-state index in [9.17, 15) is 8.42 Å². The minimum atomic E-state index is -3.36. The SMILES string of the molecule is CCn1ccc(CNc2ccc(S(=O)(=O)N(C)C)cc2)c1. The third-order valence-electron chi connectivity index (χ3n) is 3.31. The topological polar surface area (TPSA) is 54.3 Å². The quantitative estimate of drug-likeness (QED) is 0.891. The van der Waals surface area contributed by atoms with Crippen LogP contribution in [0.2, 0.25) is 0 Å². The molecule has 0 bridgehead atoms. The van der Waals surface area contributed by atoms with E-state index in [0.717, 1.165) is 12.2 Å². The molecule has 1 aromatic carbocycles. The lowest BCUT2D eigenvalue weighted by atomic mass is 10.3. The molecule has 0 saturated carbocycles. The Labute approximate surface area is 126 Å². The molecule has 21 heavy (non-hydrogen) atoms. The van der Waals surface area contributed by atoms with Gasteiger partial charge in [-0.1, -0.05) is 0 Å². The van der Waals surface area contributed by atoms with Crippen LogP contribution in [0.1, 0.15) is 12.5 Å². The zero-order chi connectivity index (χ0) is 15.5. The molecule has 0 aliphatic heterocycles. The van der Waals surface area contributed by atoms with Gasteiger partial charge < -0.3 is 9.88 Å². The highest BCUT2D eigenvalue weighted by atomic mass is 32.2. The number of aryl methyl sites for hydroxylation is 1. The smallest absolute Gasteiger partial charge is 0.242 e. The lowest BCUT2D eigenvalue weighted by Crippen LogP contribution is -2.22. The van der Waals surface area contributed by atoms with Crippen molar-refractivity contribution < 1.29 is 8.42 Å². The van der Waals surface area contributed by atoms with Crippen molar-refractivity contribution in [3.8, 4) is 0 Å². The van der Waals surface area contributed by atoms with Crippen molar-refractivity contribution in [2.45, 2.75) is 24.9 Å². The summed E-state index contributed by atoms with van der Waals surface area (Å²) >= 11 is 0. The van der Waals surface area contributed by atoms with Gasteiger partial charge in [0.2, 0.25) is 10.0 Å². The molecule has 2 rings (SSSR count). The molecule has 0 unspecified atom stereocenters. The lowest BCUT2D eigenvalue weighted by molar-refractivity contribution is 0.521. The first-order chi connectivity index (χ1) is 9.93. The molecule has 2 aromatic rings. The highest BCUT2D eigenvalue weighted by Gasteiger charge is 2.16.